The Morgan fingerprint density at radius 1 is 0.566 bits per heavy atom. The van der Waals surface area contributed by atoms with Crippen molar-refractivity contribution in [3.05, 3.63) is 139 Å². The van der Waals surface area contributed by atoms with Crippen molar-refractivity contribution in [2.45, 2.75) is 40.0 Å². The first-order valence-corrected chi connectivity index (χ1v) is 18.0. The summed E-state index contributed by atoms with van der Waals surface area (Å²) in [6.07, 6.45) is 6.99. The number of carbonyl (C=O) groups is 2. The lowest BCUT2D eigenvalue weighted by atomic mass is 9.72. The molecular formula is C46H40O7. The summed E-state index contributed by atoms with van der Waals surface area (Å²) >= 11 is 0. The molecule has 0 radical (unpaired) electrons. The minimum absolute atomic E-state index is 0.251. The Bertz CT molecular complexity index is 2290. The zero-order valence-corrected chi connectivity index (χ0v) is 30.0. The zero-order chi connectivity index (χ0) is 36.7. The molecule has 6 aromatic carbocycles. The summed E-state index contributed by atoms with van der Waals surface area (Å²) in [5.41, 5.74) is 8.00. The molecule has 0 spiro atoms. The van der Waals surface area contributed by atoms with E-state index in [1.165, 1.54) is 0 Å². The molecule has 7 heteroatoms. The van der Waals surface area contributed by atoms with Gasteiger partial charge in [0.25, 0.3) is 0 Å². The second kappa shape index (κ2) is 15.9. The number of ether oxygens (including phenoxy) is 3. The highest BCUT2D eigenvalue weighted by molar-refractivity contribution is 6.22. The van der Waals surface area contributed by atoms with Crippen molar-refractivity contribution in [2.75, 3.05) is 13.2 Å². The van der Waals surface area contributed by atoms with Crippen LogP contribution in [0.2, 0.25) is 0 Å². The minimum atomic E-state index is -0.774. The number of allylic oxidation sites excluding steroid dienone is 1. The molecule has 53 heavy (non-hydrogen) atoms. The van der Waals surface area contributed by atoms with E-state index in [0.29, 0.717) is 18.8 Å². The summed E-state index contributed by atoms with van der Waals surface area (Å²) in [7, 11) is 0. The molecule has 1 aliphatic rings. The number of unbranched alkanes of at least 4 members (excludes halogenated alkanes) is 2. The normalized spacial score (nSPS) is 11.4. The molecular weight excluding hydrogens is 664 g/mol. The summed E-state index contributed by atoms with van der Waals surface area (Å²) in [5.74, 6) is 0.766. The molecule has 0 amide bonds. The van der Waals surface area contributed by atoms with Crippen molar-refractivity contribution in [1.82, 2.24) is 0 Å². The quantitative estimate of drug-likeness (QED) is 0.0511. The predicted molar refractivity (Wildman–Crippen MR) is 208 cm³/mol. The van der Waals surface area contributed by atoms with E-state index in [1.54, 1.807) is 24.5 Å². The fourth-order valence-corrected chi connectivity index (χ4v) is 6.64. The van der Waals surface area contributed by atoms with Gasteiger partial charge < -0.3 is 14.2 Å². The average Bonchev–Trinajstić information content (AvgIpc) is 3.18. The Kier molecular flexibility index (Phi) is 10.5. The van der Waals surface area contributed by atoms with Gasteiger partial charge in [-0.15, -0.1) is 0 Å². The van der Waals surface area contributed by atoms with E-state index in [2.05, 4.69) is 19.1 Å². The van der Waals surface area contributed by atoms with Gasteiger partial charge in [-0.25, -0.2) is 19.4 Å². The maximum atomic E-state index is 13.7. The third-order valence-corrected chi connectivity index (χ3v) is 9.25. The second-order valence-electron chi connectivity index (χ2n) is 12.6. The van der Waals surface area contributed by atoms with Gasteiger partial charge in [-0.05, 0) is 137 Å². The monoisotopic (exact) mass is 704 g/mol. The number of benzene rings is 6. The van der Waals surface area contributed by atoms with Gasteiger partial charge in [0.15, 0.2) is 0 Å². The Morgan fingerprint density at radius 2 is 1.17 bits per heavy atom. The number of fused-ring (bicyclic) bond motifs is 6. The Hall–Kier alpha value is -6.34. The molecule has 0 unspecified atom stereocenters. The topological polar surface area (TPSA) is 80.3 Å². The van der Waals surface area contributed by atoms with Crippen LogP contribution in [0.4, 0.5) is 0 Å². The fourth-order valence-electron chi connectivity index (χ4n) is 6.64. The number of hydrogen-bond donors (Lipinski definition) is 0. The van der Waals surface area contributed by atoms with Gasteiger partial charge in [0.05, 0.1) is 30.6 Å². The van der Waals surface area contributed by atoms with Gasteiger partial charge in [0, 0.05) is 5.56 Å². The van der Waals surface area contributed by atoms with Crippen LogP contribution in [0, 0.1) is 0 Å². The van der Waals surface area contributed by atoms with Crippen molar-refractivity contribution in [3.8, 4) is 61.8 Å². The van der Waals surface area contributed by atoms with E-state index in [9.17, 15) is 9.59 Å². The molecule has 0 N–H and O–H groups in total. The Labute approximate surface area is 309 Å². The molecule has 0 saturated carbocycles. The summed E-state index contributed by atoms with van der Waals surface area (Å²) in [6.45, 7) is 7.22. The maximum Gasteiger partial charge on any atom is 0.386 e. The van der Waals surface area contributed by atoms with Crippen LogP contribution >= 0.6 is 0 Å². The van der Waals surface area contributed by atoms with E-state index >= 15 is 0 Å². The van der Waals surface area contributed by atoms with Crippen LogP contribution in [0.5, 0.6) is 17.2 Å². The Morgan fingerprint density at radius 3 is 1.83 bits per heavy atom. The van der Waals surface area contributed by atoms with Gasteiger partial charge in [-0.2, -0.15) is 0 Å². The first-order chi connectivity index (χ1) is 26.0. The molecule has 0 atom stereocenters. The lowest BCUT2D eigenvalue weighted by Crippen LogP contribution is -2.15. The van der Waals surface area contributed by atoms with E-state index < -0.39 is 11.9 Å². The minimum Gasteiger partial charge on any atom is -0.494 e. The molecule has 1 aliphatic carbocycles. The van der Waals surface area contributed by atoms with Crippen molar-refractivity contribution >= 4 is 22.7 Å². The molecule has 0 bridgehead atoms. The van der Waals surface area contributed by atoms with Gasteiger partial charge in [0.1, 0.15) is 17.2 Å². The van der Waals surface area contributed by atoms with Gasteiger partial charge in [-0.3, -0.25) is 0 Å². The molecule has 266 valence electrons. The van der Waals surface area contributed by atoms with Crippen LogP contribution in [-0.4, -0.2) is 25.2 Å². The van der Waals surface area contributed by atoms with E-state index in [1.807, 2.05) is 105 Å². The Balaban J connectivity index is 1.15. The predicted octanol–water partition coefficient (Wildman–Crippen LogP) is 11.6. The van der Waals surface area contributed by atoms with Gasteiger partial charge in [0.2, 0.25) is 0 Å². The van der Waals surface area contributed by atoms with Crippen molar-refractivity contribution in [2.24, 2.45) is 0 Å². The lowest BCUT2D eigenvalue weighted by Gasteiger charge is -2.30. The van der Waals surface area contributed by atoms with E-state index in [0.717, 1.165) is 91.8 Å². The van der Waals surface area contributed by atoms with E-state index in [-0.39, 0.29) is 5.56 Å². The van der Waals surface area contributed by atoms with Crippen molar-refractivity contribution in [1.29, 1.82) is 0 Å². The molecule has 0 aliphatic heterocycles. The van der Waals surface area contributed by atoms with Gasteiger partial charge >= 0.3 is 11.9 Å². The van der Waals surface area contributed by atoms with Crippen LogP contribution in [0.3, 0.4) is 0 Å². The third kappa shape index (κ3) is 7.37. The lowest BCUT2D eigenvalue weighted by molar-refractivity contribution is -0.187. The van der Waals surface area contributed by atoms with E-state index in [4.69, 9.17) is 24.0 Å². The third-order valence-electron chi connectivity index (χ3n) is 9.25. The molecule has 6 aromatic rings. The standard InChI is InChI=1S/C46H40O7/c1-4-7-8-9-28-51-37-23-25-39-34(29-37)18-24-40-42-38(32-16-21-36(22-17-32)50-6-3)26-27-41(44(42)43(39)40)46(48)53-52-45(47)33-12-10-30(11-13-33)31-14-19-35(20-15-31)49-5-2/h9-29H,4-8H2,1-3H3/b28-9+. The fraction of sp³-hybridized carbons (Fsp3) is 0.174. The first-order valence-electron chi connectivity index (χ1n) is 18.0. The zero-order valence-electron chi connectivity index (χ0n) is 30.0. The van der Waals surface area contributed by atoms with Crippen LogP contribution in [-0.2, 0) is 9.78 Å². The maximum absolute atomic E-state index is 13.7. The van der Waals surface area contributed by atoms with Crippen LogP contribution in [0.25, 0.3) is 55.3 Å². The molecule has 0 aromatic heterocycles. The summed E-state index contributed by atoms with van der Waals surface area (Å²) in [4.78, 5) is 37.1. The summed E-state index contributed by atoms with van der Waals surface area (Å²) in [5, 5.41) is 1.94. The SMILES string of the molecule is CCCC/C=C/Oc1ccc2c3c(ccc2c1)-c1c(-c2ccc(OCC)cc2)ccc(C(=O)OOC(=O)c2ccc(-c4ccc(OCC)cc4)cc2)c1-3. The number of hydrogen-bond acceptors (Lipinski definition) is 7. The number of rotatable bonds is 13. The van der Waals surface area contributed by atoms with Crippen molar-refractivity contribution < 1.29 is 33.6 Å². The van der Waals surface area contributed by atoms with Gasteiger partial charge in [-0.1, -0.05) is 74.0 Å². The van der Waals surface area contributed by atoms with Crippen LogP contribution in [0.1, 0.15) is 60.7 Å². The highest BCUT2D eigenvalue weighted by Crippen LogP contribution is 2.56. The molecule has 7 nitrogen and oxygen atoms in total. The smallest absolute Gasteiger partial charge is 0.386 e. The first kappa shape index (κ1) is 35.1. The molecule has 0 heterocycles. The summed E-state index contributed by atoms with van der Waals surface area (Å²) < 4.78 is 17.1. The second-order valence-corrected chi connectivity index (χ2v) is 12.6. The average molecular weight is 705 g/mol. The van der Waals surface area contributed by atoms with Crippen LogP contribution < -0.4 is 14.2 Å². The van der Waals surface area contributed by atoms with Crippen LogP contribution in [0.15, 0.2) is 128 Å². The van der Waals surface area contributed by atoms with Crippen molar-refractivity contribution in [3.63, 3.8) is 0 Å². The number of carbonyl (C=O) groups excluding carboxylic acids is 2. The molecule has 0 fully saturated rings. The molecule has 0 saturated heterocycles. The highest BCUT2D eigenvalue weighted by Gasteiger charge is 2.34. The largest absolute Gasteiger partial charge is 0.494 e. The molecule has 7 rings (SSSR count). The summed E-state index contributed by atoms with van der Waals surface area (Å²) in [6, 6.07) is 36.3. The highest BCUT2D eigenvalue weighted by atomic mass is 17.2.